The third kappa shape index (κ3) is 1.84. The molecule has 0 aliphatic carbocycles. The number of nitro groups is 1. The summed E-state index contributed by atoms with van der Waals surface area (Å²) in [7, 11) is 0. The van der Waals surface area contributed by atoms with Gasteiger partial charge in [0.1, 0.15) is 4.92 Å². The van der Waals surface area contributed by atoms with Gasteiger partial charge >= 0.3 is 5.88 Å². The van der Waals surface area contributed by atoms with E-state index >= 15 is 0 Å². The zero-order valence-corrected chi connectivity index (χ0v) is 8.35. The molecule has 2 aromatic rings. The highest BCUT2D eigenvalue weighted by molar-refractivity contribution is 7.98. The standard InChI is InChI=1S/C7H5N3O4S/c1-15-7-9-8-6(14-7)4-2-3-5(13-4)10(11)12/h2-3H,1H3. The third-order valence-corrected chi connectivity index (χ3v) is 2.08. The largest absolute Gasteiger partial charge is 0.433 e. The minimum Gasteiger partial charge on any atom is -0.408 e. The average Bonchev–Trinajstić information content (AvgIpc) is 2.86. The Balaban J connectivity index is 2.32. The zero-order chi connectivity index (χ0) is 10.8. The van der Waals surface area contributed by atoms with E-state index in [2.05, 4.69) is 10.2 Å². The number of thioether (sulfide) groups is 1. The smallest absolute Gasteiger partial charge is 0.408 e. The van der Waals surface area contributed by atoms with Crippen molar-refractivity contribution in [1.82, 2.24) is 10.2 Å². The van der Waals surface area contributed by atoms with E-state index in [1.54, 1.807) is 6.26 Å². The van der Waals surface area contributed by atoms with Crippen molar-refractivity contribution in [2.45, 2.75) is 5.22 Å². The van der Waals surface area contributed by atoms with Gasteiger partial charge in [0.2, 0.25) is 0 Å². The lowest BCUT2D eigenvalue weighted by atomic mass is 10.4. The topological polar surface area (TPSA) is 95.2 Å². The second kappa shape index (κ2) is 3.73. The molecule has 0 saturated carbocycles. The Bertz CT molecular complexity index is 492. The SMILES string of the molecule is CSc1nnc(-c2ccc([N+](=O)[O-])o2)o1. The number of nitrogens with zero attached hydrogens (tertiary/aromatic N) is 3. The van der Waals surface area contributed by atoms with Crippen LogP contribution < -0.4 is 0 Å². The zero-order valence-electron chi connectivity index (χ0n) is 7.54. The van der Waals surface area contributed by atoms with Gasteiger partial charge in [0.25, 0.3) is 11.1 Å². The molecule has 0 aliphatic heterocycles. The molecule has 7 nitrogen and oxygen atoms in total. The van der Waals surface area contributed by atoms with Crippen LogP contribution >= 0.6 is 11.8 Å². The number of hydrogen-bond donors (Lipinski definition) is 0. The van der Waals surface area contributed by atoms with E-state index in [9.17, 15) is 10.1 Å². The minimum absolute atomic E-state index is 0.132. The van der Waals surface area contributed by atoms with Gasteiger partial charge in [-0.05, 0) is 12.3 Å². The fourth-order valence-electron chi connectivity index (χ4n) is 0.933. The minimum atomic E-state index is -0.630. The summed E-state index contributed by atoms with van der Waals surface area (Å²) in [5.74, 6) is -0.0316. The van der Waals surface area contributed by atoms with Crippen molar-refractivity contribution < 1.29 is 13.8 Å². The van der Waals surface area contributed by atoms with Crippen LogP contribution in [0.15, 0.2) is 26.2 Å². The molecule has 0 radical (unpaired) electrons. The molecule has 8 heteroatoms. The molecule has 0 spiro atoms. The summed E-state index contributed by atoms with van der Waals surface area (Å²) >= 11 is 1.28. The van der Waals surface area contributed by atoms with Gasteiger partial charge in [0, 0.05) is 0 Å². The molecule has 0 fully saturated rings. The lowest BCUT2D eigenvalue weighted by Gasteiger charge is -1.85. The van der Waals surface area contributed by atoms with E-state index in [0.717, 1.165) is 0 Å². The van der Waals surface area contributed by atoms with Crippen LogP contribution in [-0.4, -0.2) is 21.4 Å². The molecule has 0 atom stereocenters. The molecular weight excluding hydrogens is 222 g/mol. The first-order valence-electron chi connectivity index (χ1n) is 3.83. The van der Waals surface area contributed by atoms with Crippen LogP contribution in [0.4, 0.5) is 5.88 Å². The predicted octanol–water partition coefficient (Wildman–Crippen LogP) is 1.96. The monoisotopic (exact) mass is 227 g/mol. The molecule has 2 rings (SSSR count). The van der Waals surface area contributed by atoms with E-state index in [1.165, 1.54) is 23.9 Å². The number of aromatic nitrogens is 2. The predicted molar refractivity (Wildman–Crippen MR) is 50.4 cm³/mol. The van der Waals surface area contributed by atoms with E-state index in [4.69, 9.17) is 8.83 Å². The van der Waals surface area contributed by atoms with Gasteiger partial charge in [-0.15, -0.1) is 10.2 Å². The van der Waals surface area contributed by atoms with Gasteiger partial charge < -0.3 is 8.83 Å². The maximum atomic E-state index is 10.3. The quantitative estimate of drug-likeness (QED) is 0.449. The summed E-state index contributed by atoms with van der Waals surface area (Å²) < 4.78 is 10.0. The molecule has 0 aromatic carbocycles. The van der Waals surface area contributed by atoms with Gasteiger partial charge in [-0.3, -0.25) is 10.1 Å². The van der Waals surface area contributed by atoms with Crippen molar-refractivity contribution in [3.8, 4) is 11.7 Å². The van der Waals surface area contributed by atoms with Crippen LogP contribution in [0.1, 0.15) is 0 Å². The van der Waals surface area contributed by atoms with E-state index in [1.807, 2.05) is 0 Å². The highest BCUT2D eigenvalue weighted by atomic mass is 32.2. The highest BCUT2D eigenvalue weighted by Gasteiger charge is 2.17. The van der Waals surface area contributed by atoms with Crippen LogP contribution in [0.5, 0.6) is 0 Å². The van der Waals surface area contributed by atoms with Crippen LogP contribution in [0.2, 0.25) is 0 Å². The Labute approximate surface area is 87.6 Å². The van der Waals surface area contributed by atoms with Crippen molar-refractivity contribution >= 4 is 17.6 Å². The first-order chi connectivity index (χ1) is 7.20. The van der Waals surface area contributed by atoms with Crippen molar-refractivity contribution in [1.29, 1.82) is 0 Å². The Hall–Kier alpha value is -1.83. The van der Waals surface area contributed by atoms with E-state index in [-0.39, 0.29) is 17.5 Å². The average molecular weight is 227 g/mol. The molecule has 0 aliphatic rings. The maximum Gasteiger partial charge on any atom is 0.433 e. The lowest BCUT2D eigenvalue weighted by molar-refractivity contribution is -0.401. The molecule has 0 saturated heterocycles. The van der Waals surface area contributed by atoms with E-state index < -0.39 is 4.92 Å². The molecule has 0 amide bonds. The van der Waals surface area contributed by atoms with Crippen LogP contribution in [0, 0.1) is 10.1 Å². The second-order valence-corrected chi connectivity index (χ2v) is 3.23. The van der Waals surface area contributed by atoms with Crippen LogP contribution in [0.25, 0.3) is 11.7 Å². The highest BCUT2D eigenvalue weighted by Crippen LogP contribution is 2.26. The summed E-state index contributed by atoms with van der Waals surface area (Å²) in [4.78, 5) is 9.72. The Morgan fingerprint density at radius 1 is 1.40 bits per heavy atom. The second-order valence-electron chi connectivity index (χ2n) is 2.47. The number of hydrogen-bond acceptors (Lipinski definition) is 7. The van der Waals surface area contributed by atoms with Crippen LogP contribution in [-0.2, 0) is 0 Å². The fourth-order valence-corrected chi connectivity index (χ4v) is 1.22. The van der Waals surface area contributed by atoms with Crippen molar-refractivity contribution in [2.24, 2.45) is 0 Å². The summed E-state index contributed by atoms with van der Waals surface area (Å²) in [5, 5.41) is 18.1. The number of furan rings is 1. The summed E-state index contributed by atoms with van der Waals surface area (Å²) in [6.07, 6.45) is 1.78. The summed E-state index contributed by atoms with van der Waals surface area (Å²) in [6.45, 7) is 0. The molecule has 15 heavy (non-hydrogen) atoms. The third-order valence-electron chi connectivity index (χ3n) is 1.56. The Morgan fingerprint density at radius 3 is 2.73 bits per heavy atom. The lowest BCUT2D eigenvalue weighted by Crippen LogP contribution is -1.82. The summed E-state index contributed by atoms with van der Waals surface area (Å²) in [6, 6.07) is 2.65. The number of rotatable bonds is 3. The first-order valence-corrected chi connectivity index (χ1v) is 5.05. The molecule has 78 valence electrons. The molecule has 2 heterocycles. The molecular formula is C7H5N3O4S. The normalized spacial score (nSPS) is 10.5. The van der Waals surface area contributed by atoms with Crippen molar-refractivity contribution in [3.05, 3.63) is 22.2 Å². The Kier molecular flexibility index (Phi) is 2.42. The van der Waals surface area contributed by atoms with Gasteiger partial charge in [-0.1, -0.05) is 11.8 Å². The Morgan fingerprint density at radius 2 is 2.20 bits per heavy atom. The molecule has 0 bridgehead atoms. The van der Waals surface area contributed by atoms with Crippen molar-refractivity contribution in [2.75, 3.05) is 6.26 Å². The summed E-state index contributed by atoms with van der Waals surface area (Å²) in [5.41, 5.74) is 0. The molecule has 2 aromatic heterocycles. The van der Waals surface area contributed by atoms with Gasteiger partial charge in [-0.2, -0.15) is 0 Å². The van der Waals surface area contributed by atoms with Crippen LogP contribution in [0.3, 0.4) is 0 Å². The molecule has 0 N–H and O–H groups in total. The first kappa shape index (κ1) is 9.71. The van der Waals surface area contributed by atoms with E-state index in [0.29, 0.717) is 5.22 Å². The maximum absolute atomic E-state index is 10.3. The van der Waals surface area contributed by atoms with Crippen molar-refractivity contribution in [3.63, 3.8) is 0 Å². The molecule has 0 unspecified atom stereocenters. The van der Waals surface area contributed by atoms with Gasteiger partial charge in [-0.25, -0.2) is 0 Å². The van der Waals surface area contributed by atoms with Gasteiger partial charge in [0.15, 0.2) is 5.76 Å². The fraction of sp³-hybridized carbons (Fsp3) is 0.143. The van der Waals surface area contributed by atoms with Gasteiger partial charge in [0.05, 0.1) is 6.07 Å².